The van der Waals surface area contributed by atoms with Crippen LogP contribution < -0.4 is 10.6 Å². The van der Waals surface area contributed by atoms with Gasteiger partial charge in [0.25, 0.3) is 0 Å². The van der Waals surface area contributed by atoms with Gasteiger partial charge in [0.2, 0.25) is 11.8 Å². The van der Waals surface area contributed by atoms with Gasteiger partial charge < -0.3 is 20.4 Å². The summed E-state index contributed by atoms with van der Waals surface area (Å²) >= 11 is 0. The highest BCUT2D eigenvalue weighted by Crippen LogP contribution is 2.27. The quantitative estimate of drug-likeness (QED) is 0.863. The normalized spacial score (nSPS) is 21.5. The highest BCUT2D eigenvalue weighted by atomic mass is 16.2. The molecule has 6 nitrogen and oxygen atoms in total. The van der Waals surface area contributed by atoms with Gasteiger partial charge in [0, 0.05) is 51.4 Å². The van der Waals surface area contributed by atoms with Gasteiger partial charge in [-0.05, 0) is 25.1 Å². The summed E-state index contributed by atoms with van der Waals surface area (Å²) in [7, 11) is 1.96. The molecule has 0 unspecified atom stereocenters. The lowest BCUT2D eigenvalue weighted by Crippen LogP contribution is -2.41. The van der Waals surface area contributed by atoms with Crippen LogP contribution in [0.25, 0.3) is 0 Å². The number of para-hydroxylation sites is 1. The van der Waals surface area contributed by atoms with E-state index >= 15 is 0 Å². The van der Waals surface area contributed by atoms with Crippen molar-refractivity contribution in [3.8, 4) is 0 Å². The minimum atomic E-state index is -0.324. The highest BCUT2D eigenvalue weighted by Gasteiger charge is 2.28. The molecule has 1 saturated heterocycles. The van der Waals surface area contributed by atoms with E-state index in [4.69, 9.17) is 5.73 Å². The molecule has 2 N–H and O–H groups in total. The fourth-order valence-electron chi connectivity index (χ4n) is 3.61. The predicted molar refractivity (Wildman–Crippen MR) is 93.7 cm³/mol. The minimum absolute atomic E-state index is 0.112. The number of primary amides is 1. The maximum atomic E-state index is 12.6. The van der Waals surface area contributed by atoms with Gasteiger partial charge in [-0.15, -0.1) is 0 Å². The average Bonchev–Trinajstić information content (AvgIpc) is 2.87. The van der Waals surface area contributed by atoms with Gasteiger partial charge in [0.1, 0.15) is 0 Å². The average molecular weight is 330 g/mol. The number of rotatable bonds is 4. The van der Waals surface area contributed by atoms with Gasteiger partial charge >= 0.3 is 0 Å². The molecule has 24 heavy (non-hydrogen) atoms. The number of hydrogen-bond donors (Lipinski definition) is 1. The fourth-order valence-corrected chi connectivity index (χ4v) is 3.61. The van der Waals surface area contributed by atoms with Gasteiger partial charge in [0.05, 0.1) is 5.92 Å². The second-order valence-corrected chi connectivity index (χ2v) is 6.82. The van der Waals surface area contributed by atoms with Crippen molar-refractivity contribution in [1.29, 1.82) is 0 Å². The standard InChI is InChI=1S/C18H26N4O2/c1-20-10-11-22(13-15(12-20)18(19)24)17(23)7-9-21-8-6-14-4-2-3-5-16(14)21/h2-5,15H,6-13H2,1H3,(H2,19,24)/t15-/m1/s1. The lowest BCUT2D eigenvalue weighted by molar-refractivity contribution is -0.132. The molecule has 0 radical (unpaired) electrons. The molecule has 0 spiro atoms. The summed E-state index contributed by atoms with van der Waals surface area (Å²) in [5.74, 6) is -0.495. The van der Waals surface area contributed by atoms with Crippen molar-refractivity contribution in [1.82, 2.24) is 9.80 Å². The Morgan fingerprint density at radius 3 is 2.75 bits per heavy atom. The number of nitrogens with two attached hydrogens (primary N) is 1. The molecule has 1 aromatic carbocycles. The van der Waals surface area contributed by atoms with Crippen LogP contribution in [0.2, 0.25) is 0 Å². The zero-order valence-corrected chi connectivity index (χ0v) is 14.3. The molecule has 0 bridgehead atoms. The monoisotopic (exact) mass is 330 g/mol. The Bertz CT molecular complexity index is 619. The summed E-state index contributed by atoms with van der Waals surface area (Å²) in [6.07, 6.45) is 1.52. The van der Waals surface area contributed by atoms with Gasteiger partial charge in [-0.1, -0.05) is 18.2 Å². The summed E-state index contributed by atoms with van der Waals surface area (Å²) in [5.41, 5.74) is 8.08. The largest absolute Gasteiger partial charge is 0.370 e. The van der Waals surface area contributed by atoms with E-state index in [-0.39, 0.29) is 17.7 Å². The summed E-state index contributed by atoms with van der Waals surface area (Å²) < 4.78 is 0. The van der Waals surface area contributed by atoms with E-state index in [0.717, 1.165) is 26.1 Å². The van der Waals surface area contributed by atoms with Crippen molar-refractivity contribution in [2.24, 2.45) is 11.7 Å². The minimum Gasteiger partial charge on any atom is -0.370 e. The molecule has 2 aliphatic heterocycles. The number of anilines is 1. The van der Waals surface area contributed by atoms with Crippen LogP contribution in [0.4, 0.5) is 5.69 Å². The molecular formula is C18H26N4O2. The lowest BCUT2D eigenvalue weighted by Gasteiger charge is -2.25. The zero-order valence-electron chi connectivity index (χ0n) is 14.3. The molecule has 1 fully saturated rings. The molecule has 2 aliphatic rings. The van der Waals surface area contributed by atoms with E-state index < -0.39 is 0 Å². The Labute approximate surface area is 143 Å². The van der Waals surface area contributed by atoms with E-state index in [1.807, 2.05) is 13.1 Å². The van der Waals surface area contributed by atoms with Crippen molar-refractivity contribution in [2.75, 3.05) is 51.2 Å². The Hall–Kier alpha value is -2.08. The maximum Gasteiger partial charge on any atom is 0.224 e. The first-order valence-corrected chi connectivity index (χ1v) is 8.63. The summed E-state index contributed by atoms with van der Waals surface area (Å²) in [6, 6.07) is 8.38. The van der Waals surface area contributed by atoms with E-state index in [2.05, 4.69) is 28.0 Å². The topological polar surface area (TPSA) is 69.9 Å². The van der Waals surface area contributed by atoms with Crippen molar-refractivity contribution in [3.05, 3.63) is 29.8 Å². The first kappa shape index (κ1) is 16.8. The molecule has 2 heterocycles. The van der Waals surface area contributed by atoms with Gasteiger partial charge in [-0.25, -0.2) is 0 Å². The van der Waals surface area contributed by atoms with Crippen LogP contribution >= 0.6 is 0 Å². The van der Waals surface area contributed by atoms with Crippen LogP contribution in [0.5, 0.6) is 0 Å². The SMILES string of the molecule is CN1CCN(C(=O)CCN2CCc3ccccc32)C[C@H](C(N)=O)C1. The van der Waals surface area contributed by atoms with Crippen LogP contribution in [0.15, 0.2) is 24.3 Å². The second-order valence-electron chi connectivity index (χ2n) is 6.82. The molecule has 130 valence electrons. The first-order chi connectivity index (χ1) is 11.5. The number of fused-ring (bicyclic) bond motifs is 1. The predicted octanol–water partition coefficient (Wildman–Crippen LogP) is 0.315. The summed E-state index contributed by atoms with van der Waals surface area (Å²) in [4.78, 5) is 30.4. The molecule has 2 amide bonds. The van der Waals surface area contributed by atoms with Crippen molar-refractivity contribution < 1.29 is 9.59 Å². The Morgan fingerprint density at radius 1 is 1.17 bits per heavy atom. The van der Waals surface area contributed by atoms with E-state index in [1.165, 1.54) is 11.3 Å². The van der Waals surface area contributed by atoms with Crippen molar-refractivity contribution in [3.63, 3.8) is 0 Å². The van der Waals surface area contributed by atoms with E-state index in [0.29, 0.717) is 26.1 Å². The lowest BCUT2D eigenvalue weighted by atomic mass is 10.1. The Balaban J connectivity index is 1.58. The third-order valence-electron chi connectivity index (χ3n) is 5.06. The van der Waals surface area contributed by atoms with Crippen LogP contribution in [-0.2, 0) is 16.0 Å². The molecule has 3 rings (SSSR count). The number of amides is 2. The number of carbonyl (C=O) groups is 2. The molecule has 0 aliphatic carbocycles. The molecule has 0 aromatic heterocycles. The van der Waals surface area contributed by atoms with Crippen LogP contribution in [-0.4, -0.2) is 67.9 Å². The molecule has 6 heteroatoms. The van der Waals surface area contributed by atoms with Gasteiger partial charge in [-0.2, -0.15) is 0 Å². The molecule has 1 aromatic rings. The van der Waals surface area contributed by atoms with Crippen LogP contribution in [0.1, 0.15) is 12.0 Å². The number of benzene rings is 1. The maximum absolute atomic E-state index is 12.6. The third kappa shape index (κ3) is 3.70. The van der Waals surface area contributed by atoms with E-state index in [9.17, 15) is 9.59 Å². The molecule has 1 atom stereocenters. The van der Waals surface area contributed by atoms with Crippen molar-refractivity contribution in [2.45, 2.75) is 12.8 Å². The van der Waals surface area contributed by atoms with Crippen molar-refractivity contribution >= 4 is 17.5 Å². The van der Waals surface area contributed by atoms with Gasteiger partial charge in [0.15, 0.2) is 0 Å². The van der Waals surface area contributed by atoms with Gasteiger partial charge in [-0.3, -0.25) is 9.59 Å². The Morgan fingerprint density at radius 2 is 1.96 bits per heavy atom. The smallest absolute Gasteiger partial charge is 0.224 e. The second kappa shape index (κ2) is 7.21. The molecule has 0 saturated carbocycles. The summed E-state index contributed by atoms with van der Waals surface area (Å²) in [5, 5.41) is 0. The van der Waals surface area contributed by atoms with Crippen LogP contribution in [0.3, 0.4) is 0 Å². The zero-order chi connectivity index (χ0) is 17.1. The highest BCUT2D eigenvalue weighted by molar-refractivity contribution is 5.80. The summed E-state index contributed by atoms with van der Waals surface area (Å²) in [6.45, 7) is 4.20. The van der Waals surface area contributed by atoms with E-state index in [1.54, 1.807) is 4.90 Å². The number of carbonyl (C=O) groups excluding carboxylic acids is 2. The molecular weight excluding hydrogens is 304 g/mol. The number of hydrogen-bond acceptors (Lipinski definition) is 4. The first-order valence-electron chi connectivity index (χ1n) is 8.63. The fraction of sp³-hybridized carbons (Fsp3) is 0.556. The van der Waals surface area contributed by atoms with Crippen LogP contribution in [0, 0.1) is 5.92 Å². The third-order valence-corrected chi connectivity index (χ3v) is 5.06. The number of nitrogens with zero attached hydrogens (tertiary/aromatic N) is 3. The number of likely N-dealkylation sites (N-methyl/N-ethyl adjacent to an activating group) is 1. The Kier molecular flexibility index (Phi) is 5.04.